The second kappa shape index (κ2) is 10.3. The smallest absolute Gasteiger partial charge is 0.320 e. The van der Waals surface area contributed by atoms with Crippen LogP contribution in [0, 0.1) is 5.92 Å². The summed E-state index contributed by atoms with van der Waals surface area (Å²) >= 11 is 0. The first kappa shape index (κ1) is 21.1. The molecule has 0 bridgehead atoms. The second-order valence-corrected chi connectivity index (χ2v) is 8.72. The van der Waals surface area contributed by atoms with Crippen molar-refractivity contribution >= 4 is 11.9 Å². The lowest BCUT2D eigenvalue weighted by molar-refractivity contribution is -0.127. The Bertz CT molecular complexity index is 708. The highest BCUT2D eigenvalue weighted by molar-refractivity contribution is 5.81. The van der Waals surface area contributed by atoms with Gasteiger partial charge < -0.3 is 19.9 Å². The van der Waals surface area contributed by atoms with Gasteiger partial charge in [0.05, 0.1) is 18.6 Å². The predicted octanol–water partition coefficient (Wildman–Crippen LogP) is 1.93. The molecule has 0 spiro atoms. The Morgan fingerprint density at radius 1 is 0.967 bits per heavy atom. The van der Waals surface area contributed by atoms with Gasteiger partial charge in [0.25, 0.3) is 0 Å². The third-order valence-corrected chi connectivity index (χ3v) is 6.42. The number of likely N-dealkylation sites (tertiary alicyclic amines) is 2. The van der Waals surface area contributed by atoms with Crippen molar-refractivity contribution in [2.24, 2.45) is 5.92 Å². The number of ether oxygens (including phenoxy) is 1. The van der Waals surface area contributed by atoms with Crippen LogP contribution in [0.1, 0.15) is 31.2 Å². The van der Waals surface area contributed by atoms with Crippen molar-refractivity contribution in [3.8, 4) is 0 Å². The number of morpholine rings is 1. The van der Waals surface area contributed by atoms with E-state index in [4.69, 9.17) is 4.74 Å². The monoisotopic (exact) mass is 414 g/mol. The van der Waals surface area contributed by atoms with Crippen LogP contribution in [0.5, 0.6) is 0 Å². The lowest BCUT2D eigenvalue weighted by atomic mass is 9.97. The van der Waals surface area contributed by atoms with Gasteiger partial charge in [0.2, 0.25) is 5.91 Å². The molecule has 3 aliphatic rings. The maximum atomic E-state index is 12.8. The van der Waals surface area contributed by atoms with Crippen molar-refractivity contribution in [2.45, 2.75) is 38.3 Å². The molecule has 2 atom stereocenters. The molecule has 0 aliphatic carbocycles. The van der Waals surface area contributed by atoms with E-state index in [1.165, 1.54) is 5.56 Å². The third kappa shape index (κ3) is 5.52. The molecule has 3 fully saturated rings. The van der Waals surface area contributed by atoms with Crippen LogP contribution in [0.15, 0.2) is 30.3 Å². The van der Waals surface area contributed by atoms with Crippen molar-refractivity contribution in [2.75, 3.05) is 52.4 Å². The minimum absolute atomic E-state index is 0.0114. The lowest BCUT2D eigenvalue weighted by Gasteiger charge is -2.35. The number of nitrogens with zero attached hydrogens (tertiary/aromatic N) is 3. The van der Waals surface area contributed by atoms with Crippen molar-refractivity contribution in [3.05, 3.63) is 35.9 Å². The molecular weight excluding hydrogens is 380 g/mol. The van der Waals surface area contributed by atoms with E-state index in [0.717, 1.165) is 65.0 Å². The molecule has 3 amide bonds. The molecule has 3 aliphatic heterocycles. The highest BCUT2D eigenvalue weighted by Crippen LogP contribution is 2.20. The summed E-state index contributed by atoms with van der Waals surface area (Å²) in [4.78, 5) is 31.6. The van der Waals surface area contributed by atoms with Crippen LogP contribution in [-0.4, -0.2) is 85.2 Å². The molecule has 7 heteroatoms. The van der Waals surface area contributed by atoms with Gasteiger partial charge in [-0.3, -0.25) is 9.69 Å². The van der Waals surface area contributed by atoms with E-state index in [0.29, 0.717) is 19.7 Å². The van der Waals surface area contributed by atoms with E-state index in [1.54, 1.807) is 0 Å². The number of carbonyl (C=O) groups excluding carboxylic acids is 2. The van der Waals surface area contributed by atoms with Crippen LogP contribution in [-0.2, 0) is 16.1 Å². The van der Waals surface area contributed by atoms with E-state index in [2.05, 4.69) is 34.5 Å². The van der Waals surface area contributed by atoms with Crippen LogP contribution < -0.4 is 5.32 Å². The maximum absolute atomic E-state index is 12.8. The number of piperidine rings is 1. The normalized spacial score (nSPS) is 25.3. The Balaban J connectivity index is 1.22. The van der Waals surface area contributed by atoms with Crippen LogP contribution >= 0.6 is 0 Å². The fourth-order valence-electron chi connectivity index (χ4n) is 4.72. The first-order chi connectivity index (χ1) is 14.7. The molecule has 164 valence electrons. The molecule has 0 saturated carbocycles. The zero-order chi connectivity index (χ0) is 20.8. The summed E-state index contributed by atoms with van der Waals surface area (Å²) in [5.74, 6) is -0.0629. The molecule has 0 aromatic heterocycles. The molecule has 0 unspecified atom stereocenters. The van der Waals surface area contributed by atoms with Gasteiger partial charge in [0.1, 0.15) is 0 Å². The quantitative estimate of drug-likeness (QED) is 0.800. The fraction of sp³-hybridized carbons (Fsp3) is 0.652. The predicted molar refractivity (Wildman–Crippen MR) is 115 cm³/mol. The number of carbonyl (C=O) groups is 2. The molecule has 4 rings (SSSR count). The minimum atomic E-state index is -0.116. The minimum Gasteiger partial charge on any atom is -0.374 e. The van der Waals surface area contributed by atoms with Crippen molar-refractivity contribution in [1.82, 2.24) is 20.0 Å². The summed E-state index contributed by atoms with van der Waals surface area (Å²) in [6, 6.07) is 10.6. The number of amides is 3. The highest BCUT2D eigenvalue weighted by atomic mass is 16.5. The van der Waals surface area contributed by atoms with Gasteiger partial charge in [-0.25, -0.2) is 4.79 Å². The van der Waals surface area contributed by atoms with Gasteiger partial charge in [-0.15, -0.1) is 0 Å². The van der Waals surface area contributed by atoms with E-state index in [1.807, 2.05) is 15.9 Å². The number of hydrogen-bond donors (Lipinski definition) is 1. The zero-order valence-electron chi connectivity index (χ0n) is 17.8. The molecular formula is C23H34N4O3. The van der Waals surface area contributed by atoms with Gasteiger partial charge in [-0.05, 0) is 31.2 Å². The van der Waals surface area contributed by atoms with E-state index in [9.17, 15) is 9.59 Å². The summed E-state index contributed by atoms with van der Waals surface area (Å²) in [5.41, 5.74) is 1.30. The van der Waals surface area contributed by atoms with Crippen molar-refractivity contribution in [3.63, 3.8) is 0 Å². The third-order valence-electron chi connectivity index (χ3n) is 6.42. The number of nitrogens with one attached hydrogen (secondary N) is 1. The molecule has 1 N–H and O–H groups in total. The number of benzene rings is 1. The Labute approximate surface area is 179 Å². The fourth-order valence-corrected chi connectivity index (χ4v) is 4.72. The van der Waals surface area contributed by atoms with Crippen molar-refractivity contribution < 1.29 is 14.3 Å². The number of hydrogen-bond acceptors (Lipinski definition) is 4. The maximum Gasteiger partial charge on any atom is 0.320 e. The Hall–Kier alpha value is -2.12. The second-order valence-electron chi connectivity index (χ2n) is 8.72. The van der Waals surface area contributed by atoms with Crippen LogP contribution in [0.2, 0.25) is 0 Å². The Kier molecular flexibility index (Phi) is 7.23. The number of urea groups is 1. The van der Waals surface area contributed by atoms with E-state index < -0.39 is 0 Å². The summed E-state index contributed by atoms with van der Waals surface area (Å²) < 4.78 is 5.88. The molecule has 1 aromatic carbocycles. The summed E-state index contributed by atoms with van der Waals surface area (Å²) in [5, 5.41) is 3.09. The van der Waals surface area contributed by atoms with Gasteiger partial charge in [-0.2, -0.15) is 0 Å². The largest absolute Gasteiger partial charge is 0.374 e. The summed E-state index contributed by atoms with van der Waals surface area (Å²) in [7, 11) is 0. The SMILES string of the molecule is O=C(NC[C@@H]1CN(Cc2ccccc2)CCO1)[C@@H]1CCCN(C(=O)N2CCCC2)C1. The molecule has 30 heavy (non-hydrogen) atoms. The lowest BCUT2D eigenvalue weighted by Crippen LogP contribution is -2.51. The van der Waals surface area contributed by atoms with E-state index in [-0.39, 0.29) is 24.0 Å². The van der Waals surface area contributed by atoms with Crippen LogP contribution in [0.3, 0.4) is 0 Å². The van der Waals surface area contributed by atoms with Crippen LogP contribution in [0.25, 0.3) is 0 Å². The average Bonchev–Trinajstić information content (AvgIpc) is 3.33. The molecule has 3 heterocycles. The molecule has 1 aromatic rings. The number of rotatable bonds is 5. The average molecular weight is 415 g/mol. The molecule has 3 saturated heterocycles. The molecule has 7 nitrogen and oxygen atoms in total. The van der Waals surface area contributed by atoms with Crippen molar-refractivity contribution in [1.29, 1.82) is 0 Å². The van der Waals surface area contributed by atoms with Gasteiger partial charge in [0, 0.05) is 52.4 Å². The van der Waals surface area contributed by atoms with E-state index >= 15 is 0 Å². The summed E-state index contributed by atoms with van der Waals surface area (Å²) in [6.07, 6.45) is 3.93. The Morgan fingerprint density at radius 2 is 1.73 bits per heavy atom. The zero-order valence-corrected chi connectivity index (χ0v) is 17.8. The first-order valence-electron chi connectivity index (χ1n) is 11.4. The van der Waals surface area contributed by atoms with Gasteiger partial charge in [0.15, 0.2) is 0 Å². The van der Waals surface area contributed by atoms with Crippen LogP contribution in [0.4, 0.5) is 4.79 Å². The highest BCUT2D eigenvalue weighted by Gasteiger charge is 2.32. The standard InChI is InChI=1S/C23H34N4O3/c28-22(20-9-6-12-27(17-20)23(29)26-10-4-5-11-26)24-15-21-18-25(13-14-30-21)16-19-7-2-1-3-8-19/h1-3,7-8,20-21H,4-6,9-18H2,(H,24,28)/t20-,21-/m1/s1. The van der Waals surface area contributed by atoms with Gasteiger partial charge >= 0.3 is 6.03 Å². The first-order valence-corrected chi connectivity index (χ1v) is 11.4. The van der Waals surface area contributed by atoms with Gasteiger partial charge in [-0.1, -0.05) is 30.3 Å². The Morgan fingerprint density at radius 3 is 2.53 bits per heavy atom. The molecule has 0 radical (unpaired) electrons. The summed E-state index contributed by atoms with van der Waals surface area (Å²) in [6.45, 7) is 6.86. The topological polar surface area (TPSA) is 65.1 Å².